The van der Waals surface area contributed by atoms with Gasteiger partial charge in [0.15, 0.2) is 5.13 Å². The van der Waals surface area contributed by atoms with E-state index < -0.39 is 5.91 Å². The minimum atomic E-state index is -0.474. The number of ether oxygens (including phenoxy) is 1. The van der Waals surface area contributed by atoms with Crippen molar-refractivity contribution >= 4 is 28.5 Å². The highest BCUT2D eigenvalue weighted by Gasteiger charge is 2.10. The molecule has 1 amide bonds. The summed E-state index contributed by atoms with van der Waals surface area (Å²) in [6.45, 7) is 0. The average molecular weight is 285 g/mol. The lowest BCUT2D eigenvalue weighted by atomic mass is 10.1. The zero-order valence-electron chi connectivity index (χ0n) is 10.7. The Morgan fingerprint density at radius 2 is 2.20 bits per heavy atom. The average Bonchev–Trinajstić information content (AvgIpc) is 2.98. The van der Waals surface area contributed by atoms with Gasteiger partial charge in [0, 0.05) is 11.6 Å². The fourth-order valence-corrected chi connectivity index (χ4v) is 1.99. The van der Waals surface area contributed by atoms with E-state index in [1.54, 1.807) is 43.0 Å². The molecule has 0 aliphatic heterocycles. The summed E-state index contributed by atoms with van der Waals surface area (Å²) >= 11 is 1.29. The Morgan fingerprint density at radius 1 is 1.45 bits per heavy atom. The Bertz CT molecular complexity index is 655. The first kappa shape index (κ1) is 13.8. The van der Waals surface area contributed by atoms with E-state index in [-0.39, 0.29) is 5.57 Å². The number of amides is 1. The van der Waals surface area contributed by atoms with Crippen LogP contribution in [-0.2, 0) is 4.79 Å². The van der Waals surface area contributed by atoms with E-state index in [1.807, 2.05) is 6.07 Å². The van der Waals surface area contributed by atoms with Crippen LogP contribution in [0.3, 0.4) is 0 Å². The molecule has 0 aliphatic rings. The van der Waals surface area contributed by atoms with Gasteiger partial charge in [0.25, 0.3) is 5.91 Å². The maximum absolute atomic E-state index is 11.9. The van der Waals surface area contributed by atoms with E-state index in [0.29, 0.717) is 10.9 Å². The molecule has 1 heterocycles. The van der Waals surface area contributed by atoms with E-state index in [0.717, 1.165) is 5.56 Å². The predicted octanol–water partition coefficient (Wildman–Crippen LogP) is 2.70. The molecule has 1 N–H and O–H groups in total. The fourth-order valence-electron chi connectivity index (χ4n) is 1.47. The molecule has 1 aromatic heterocycles. The molecule has 2 aromatic rings. The number of nitriles is 1. The van der Waals surface area contributed by atoms with Crippen molar-refractivity contribution < 1.29 is 9.53 Å². The van der Waals surface area contributed by atoms with Crippen molar-refractivity contribution in [2.45, 2.75) is 0 Å². The first-order valence-corrected chi connectivity index (χ1v) is 6.57. The molecule has 0 bridgehead atoms. The number of nitrogens with zero attached hydrogens (tertiary/aromatic N) is 2. The number of anilines is 1. The largest absolute Gasteiger partial charge is 0.497 e. The van der Waals surface area contributed by atoms with Crippen LogP contribution in [0.15, 0.2) is 41.4 Å². The van der Waals surface area contributed by atoms with E-state index in [4.69, 9.17) is 10.00 Å². The molecule has 0 aliphatic carbocycles. The van der Waals surface area contributed by atoms with Crippen molar-refractivity contribution in [3.63, 3.8) is 0 Å². The topological polar surface area (TPSA) is 75.0 Å². The quantitative estimate of drug-likeness (QED) is 0.692. The summed E-state index contributed by atoms with van der Waals surface area (Å²) in [4.78, 5) is 15.8. The SMILES string of the molecule is COc1ccc(/C=C(\C#N)C(=O)Nc2nccs2)cc1. The molecule has 0 saturated carbocycles. The number of hydrogen-bond donors (Lipinski definition) is 1. The van der Waals surface area contributed by atoms with Gasteiger partial charge < -0.3 is 4.74 Å². The number of methoxy groups -OCH3 is 1. The molecule has 0 radical (unpaired) electrons. The van der Waals surface area contributed by atoms with E-state index in [1.165, 1.54) is 17.4 Å². The molecule has 0 atom stereocenters. The van der Waals surface area contributed by atoms with E-state index in [2.05, 4.69) is 10.3 Å². The third-order valence-electron chi connectivity index (χ3n) is 2.44. The number of aromatic nitrogens is 1. The minimum Gasteiger partial charge on any atom is -0.497 e. The van der Waals surface area contributed by atoms with Crippen LogP contribution < -0.4 is 10.1 Å². The molecule has 20 heavy (non-hydrogen) atoms. The summed E-state index contributed by atoms with van der Waals surface area (Å²) in [7, 11) is 1.58. The number of benzene rings is 1. The maximum Gasteiger partial charge on any atom is 0.268 e. The number of carbonyl (C=O) groups excluding carboxylic acids is 1. The lowest BCUT2D eigenvalue weighted by Gasteiger charge is -2.01. The molecule has 1 aromatic carbocycles. The molecule has 2 rings (SSSR count). The second-order valence-corrected chi connectivity index (χ2v) is 4.63. The number of carbonyl (C=O) groups is 1. The van der Waals surface area contributed by atoms with Crippen molar-refractivity contribution in [1.29, 1.82) is 5.26 Å². The van der Waals surface area contributed by atoms with Gasteiger partial charge >= 0.3 is 0 Å². The van der Waals surface area contributed by atoms with Crippen molar-refractivity contribution in [3.05, 3.63) is 47.0 Å². The second kappa shape index (κ2) is 6.50. The van der Waals surface area contributed by atoms with Crippen molar-refractivity contribution in [1.82, 2.24) is 4.98 Å². The zero-order chi connectivity index (χ0) is 14.4. The molecular formula is C14H11N3O2S. The number of thiazole rings is 1. The highest BCUT2D eigenvalue weighted by molar-refractivity contribution is 7.13. The standard InChI is InChI=1S/C14H11N3O2S/c1-19-12-4-2-10(3-5-12)8-11(9-15)13(18)17-14-16-6-7-20-14/h2-8H,1H3,(H,16,17,18)/b11-8+. The van der Waals surface area contributed by atoms with Crippen LogP contribution >= 0.6 is 11.3 Å². The van der Waals surface area contributed by atoms with Gasteiger partial charge in [-0.3, -0.25) is 10.1 Å². The summed E-state index contributed by atoms with van der Waals surface area (Å²) in [5, 5.41) is 13.8. The minimum absolute atomic E-state index is 0.0189. The first-order chi connectivity index (χ1) is 9.72. The monoisotopic (exact) mass is 285 g/mol. The molecule has 5 nitrogen and oxygen atoms in total. The van der Waals surface area contributed by atoms with Gasteiger partial charge in [-0.05, 0) is 23.8 Å². The lowest BCUT2D eigenvalue weighted by molar-refractivity contribution is -0.112. The molecular weight excluding hydrogens is 274 g/mol. The molecule has 0 saturated heterocycles. The first-order valence-electron chi connectivity index (χ1n) is 5.69. The lowest BCUT2D eigenvalue weighted by Crippen LogP contribution is -2.13. The number of hydrogen-bond acceptors (Lipinski definition) is 5. The number of rotatable bonds is 4. The van der Waals surface area contributed by atoms with Crippen molar-refractivity contribution in [2.24, 2.45) is 0 Å². The van der Waals surface area contributed by atoms with Crippen LogP contribution in [0.5, 0.6) is 5.75 Å². The van der Waals surface area contributed by atoms with Gasteiger partial charge in [-0.15, -0.1) is 11.3 Å². The Hall–Kier alpha value is -2.65. The molecule has 0 unspecified atom stereocenters. The van der Waals surface area contributed by atoms with Crippen LogP contribution in [0, 0.1) is 11.3 Å². The fraction of sp³-hybridized carbons (Fsp3) is 0.0714. The van der Waals surface area contributed by atoms with E-state index >= 15 is 0 Å². The van der Waals surface area contributed by atoms with Gasteiger partial charge in [0.05, 0.1) is 7.11 Å². The summed E-state index contributed by atoms with van der Waals surface area (Å²) in [5.41, 5.74) is 0.766. The third-order valence-corrected chi connectivity index (χ3v) is 3.13. The predicted molar refractivity (Wildman–Crippen MR) is 77.3 cm³/mol. The summed E-state index contributed by atoms with van der Waals surface area (Å²) in [6.07, 6.45) is 3.10. The van der Waals surface area contributed by atoms with Crippen LogP contribution in [0.4, 0.5) is 5.13 Å². The Morgan fingerprint density at radius 3 is 2.75 bits per heavy atom. The third kappa shape index (κ3) is 3.43. The van der Waals surface area contributed by atoms with Crippen molar-refractivity contribution in [3.8, 4) is 11.8 Å². The summed E-state index contributed by atoms with van der Waals surface area (Å²) in [6, 6.07) is 8.95. The number of nitrogens with one attached hydrogen (secondary N) is 1. The Balaban J connectivity index is 2.16. The Labute approximate surface area is 120 Å². The molecule has 0 fully saturated rings. The molecule has 6 heteroatoms. The maximum atomic E-state index is 11.9. The molecule has 0 spiro atoms. The van der Waals surface area contributed by atoms with Crippen LogP contribution in [0.25, 0.3) is 6.08 Å². The second-order valence-electron chi connectivity index (χ2n) is 3.73. The normalized spacial score (nSPS) is 10.7. The van der Waals surface area contributed by atoms with Crippen LogP contribution in [-0.4, -0.2) is 18.0 Å². The zero-order valence-corrected chi connectivity index (χ0v) is 11.5. The Kier molecular flexibility index (Phi) is 4.47. The van der Waals surface area contributed by atoms with Gasteiger partial charge in [0.1, 0.15) is 17.4 Å². The summed E-state index contributed by atoms with van der Waals surface area (Å²) in [5.74, 6) is 0.242. The van der Waals surface area contributed by atoms with Gasteiger partial charge in [-0.25, -0.2) is 4.98 Å². The van der Waals surface area contributed by atoms with Crippen molar-refractivity contribution in [2.75, 3.05) is 12.4 Å². The smallest absolute Gasteiger partial charge is 0.268 e. The van der Waals surface area contributed by atoms with Gasteiger partial charge in [-0.1, -0.05) is 12.1 Å². The van der Waals surface area contributed by atoms with Gasteiger partial charge in [-0.2, -0.15) is 5.26 Å². The highest BCUT2D eigenvalue weighted by Crippen LogP contribution is 2.16. The van der Waals surface area contributed by atoms with Crippen LogP contribution in [0.2, 0.25) is 0 Å². The summed E-state index contributed by atoms with van der Waals surface area (Å²) < 4.78 is 5.05. The van der Waals surface area contributed by atoms with Gasteiger partial charge in [0.2, 0.25) is 0 Å². The van der Waals surface area contributed by atoms with Crippen LogP contribution in [0.1, 0.15) is 5.56 Å². The highest BCUT2D eigenvalue weighted by atomic mass is 32.1. The van der Waals surface area contributed by atoms with E-state index in [9.17, 15) is 4.79 Å². The molecule has 100 valence electrons.